The summed E-state index contributed by atoms with van der Waals surface area (Å²) in [4.78, 5) is 13.9. The minimum absolute atomic E-state index is 0.184. The normalized spacial score (nSPS) is 10.4. The zero-order chi connectivity index (χ0) is 10.1. The van der Waals surface area contributed by atoms with Crippen LogP contribution in [0.5, 0.6) is 0 Å². The van der Waals surface area contributed by atoms with E-state index in [1.165, 1.54) is 4.57 Å². The number of aryl methyl sites for hydroxylation is 1. The summed E-state index contributed by atoms with van der Waals surface area (Å²) in [5, 5.41) is 0.576. The maximum atomic E-state index is 11.3. The second-order valence-electron chi connectivity index (χ2n) is 3.09. The Morgan fingerprint density at radius 2 is 2.21 bits per heavy atom. The van der Waals surface area contributed by atoms with E-state index in [2.05, 4.69) is 4.98 Å². The Bertz CT molecular complexity index is 513. The van der Waals surface area contributed by atoms with Crippen molar-refractivity contribution in [1.82, 2.24) is 9.55 Å². The van der Waals surface area contributed by atoms with Crippen LogP contribution < -0.4 is 5.69 Å². The highest BCUT2D eigenvalue weighted by atomic mass is 35.5. The molecule has 14 heavy (non-hydrogen) atoms. The third-order valence-corrected chi connectivity index (χ3v) is 2.31. The Morgan fingerprint density at radius 3 is 2.79 bits per heavy atom. The third-order valence-electron chi connectivity index (χ3n) is 2.01. The Labute approximate surface area is 86.0 Å². The molecule has 1 aromatic carbocycles. The van der Waals surface area contributed by atoms with Crippen molar-refractivity contribution in [2.45, 2.75) is 6.92 Å². The Balaban J connectivity index is 2.63. The number of rotatable bonds is 1. The van der Waals surface area contributed by atoms with Gasteiger partial charge in [0.2, 0.25) is 0 Å². The summed E-state index contributed by atoms with van der Waals surface area (Å²) < 4.78 is 1.47. The van der Waals surface area contributed by atoms with Crippen LogP contribution in [0.15, 0.2) is 35.4 Å². The summed E-state index contributed by atoms with van der Waals surface area (Å²) in [7, 11) is 0. The molecule has 3 nitrogen and oxygen atoms in total. The van der Waals surface area contributed by atoms with Crippen molar-refractivity contribution in [2.24, 2.45) is 0 Å². The maximum absolute atomic E-state index is 11.3. The quantitative estimate of drug-likeness (QED) is 0.766. The van der Waals surface area contributed by atoms with Crippen molar-refractivity contribution < 1.29 is 0 Å². The Morgan fingerprint density at radius 1 is 1.43 bits per heavy atom. The fourth-order valence-electron chi connectivity index (χ4n) is 1.32. The number of benzene rings is 1. The molecule has 0 aliphatic heterocycles. The van der Waals surface area contributed by atoms with Gasteiger partial charge in [0.25, 0.3) is 0 Å². The number of hydrogen-bond donors (Lipinski definition) is 1. The third kappa shape index (κ3) is 1.46. The second-order valence-corrected chi connectivity index (χ2v) is 3.50. The standard InChI is InChI=1S/C10H9ClN2O/c1-7-2-3-9(8(11)6-7)13-5-4-12-10(13)14/h2-6H,1H3,(H,12,14). The van der Waals surface area contributed by atoms with Gasteiger partial charge in [-0.3, -0.25) is 4.57 Å². The molecule has 0 unspecified atom stereocenters. The molecule has 72 valence electrons. The molecule has 0 atom stereocenters. The molecule has 0 radical (unpaired) electrons. The largest absolute Gasteiger partial charge is 0.330 e. The van der Waals surface area contributed by atoms with Gasteiger partial charge in [-0.1, -0.05) is 17.7 Å². The second kappa shape index (κ2) is 3.35. The van der Waals surface area contributed by atoms with Crippen molar-refractivity contribution in [3.63, 3.8) is 0 Å². The maximum Gasteiger partial charge on any atom is 0.330 e. The molecular weight excluding hydrogens is 200 g/mol. The number of H-pyrrole nitrogens is 1. The smallest absolute Gasteiger partial charge is 0.312 e. The van der Waals surface area contributed by atoms with E-state index >= 15 is 0 Å². The molecule has 0 saturated heterocycles. The average molecular weight is 209 g/mol. The molecule has 0 amide bonds. The predicted octanol–water partition coefficient (Wildman–Crippen LogP) is 2.13. The lowest BCUT2D eigenvalue weighted by molar-refractivity contribution is 0.986. The first-order chi connectivity index (χ1) is 6.68. The topological polar surface area (TPSA) is 37.8 Å². The highest BCUT2D eigenvalue weighted by Gasteiger charge is 2.04. The van der Waals surface area contributed by atoms with E-state index in [1.54, 1.807) is 12.4 Å². The molecule has 0 bridgehead atoms. The number of nitrogens with one attached hydrogen (secondary N) is 1. The van der Waals surface area contributed by atoms with Crippen molar-refractivity contribution >= 4 is 11.6 Å². The lowest BCUT2D eigenvalue weighted by Gasteiger charge is -2.04. The highest BCUT2D eigenvalue weighted by Crippen LogP contribution is 2.19. The first-order valence-electron chi connectivity index (χ1n) is 4.21. The monoisotopic (exact) mass is 208 g/mol. The van der Waals surface area contributed by atoms with Gasteiger partial charge in [-0.25, -0.2) is 4.79 Å². The van der Waals surface area contributed by atoms with Crippen LogP contribution in [0.1, 0.15) is 5.56 Å². The summed E-state index contributed by atoms with van der Waals surface area (Å²) in [6.45, 7) is 1.95. The molecule has 2 aromatic rings. The molecule has 0 aliphatic carbocycles. The van der Waals surface area contributed by atoms with E-state index in [0.29, 0.717) is 10.7 Å². The predicted molar refractivity (Wildman–Crippen MR) is 56.1 cm³/mol. The van der Waals surface area contributed by atoms with Crippen LogP contribution in [0.25, 0.3) is 5.69 Å². The van der Waals surface area contributed by atoms with Crippen molar-refractivity contribution in [1.29, 1.82) is 0 Å². The van der Waals surface area contributed by atoms with E-state index in [-0.39, 0.29) is 5.69 Å². The van der Waals surface area contributed by atoms with Crippen LogP contribution in [-0.4, -0.2) is 9.55 Å². The van der Waals surface area contributed by atoms with Crippen LogP contribution in [0.2, 0.25) is 5.02 Å². The van der Waals surface area contributed by atoms with Crippen LogP contribution in [0.3, 0.4) is 0 Å². The van der Waals surface area contributed by atoms with Crippen molar-refractivity contribution in [2.75, 3.05) is 0 Å². The Kier molecular flexibility index (Phi) is 2.17. The van der Waals surface area contributed by atoms with E-state index < -0.39 is 0 Å². The zero-order valence-corrected chi connectivity index (χ0v) is 8.38. The first-order valence-corrected chi connectivity index (χ1v) is 4.59. The van der Waals surface area contributed by atoms with Gasteiger partial charge in [-0.05, 0) is 24.6 Å². The van der Waals surface area contributed by atoms with Gasteiger partial charge in [0.1, 0.15) is 0 Å². The van der Waals surface area contributed by atoms with Crippen LogP contribution in [0, 0.1) is 6.92 Å². The summed E-state index contributed by atoms with van der Waals surface area (Å²) in [5.41, 5.74) is 1.58. The number of aromatic nitrogens is 2. The number of aromatic amines is 1. The number of nitrogens with zero attached hydrogens (tertiary/aromatic N) is 1. The van der Waals surface area contributed by atoms with Gasteiger partial charge in [0, 0.05) is 12.4 Å². The van der Waals surface area contributed by atoms with E-state index in [4.69, 9.17) is 11.6 Å². The van der Waals surface area contributed by atoms with Gasteiger partial charge < -0.3 is 4.98 Å². The SMILES string of the molecule is Cc1ccc(-n2cc[nH]c2=O)c(Cl)c1. The molecular formula is C10H9ClN2O. The summed E-state index contributed by atoms with van der Waals surface area (Å²) >= 11 is 6.02. The number of imidazole rings is 1. The van der Waals surface area contributed by atoms with Gasteiger partial charge in [0.05, 0.1) is 10.7 Å². The van der Waals surface area contributed by atoms with Crippen LogP contribution in [-0.2, 0) is 0 Å². The van der Waals surface area contributed by atoms with Gasteiger partial charge in [0.15, 0.2) is 0 Å². The van der Waals surface area contributed by atoms with Crippen LogP contribution >= 0.6 is 11.6 Å². The van der Waals surface area contributed by atoms with Crippen LogP contribution in [0.4, 0.5) is 0 Å². The van der Waals surface area contributed by atoms with E-state index in [0.717, 1.165) is 5.56 Å². The van der Waals surface area contributed by atoms with Gasteiger partial charge >= 0.3 is 5.69 Å². The number of halogens is 1. The summed E-state index contributed by atoms with van der Waals surface area (Å²) in [6.07, 6.45) is 3.23. The fourth-order valence-corrected chi connectivity index (χ4v) is 1.64. The molecule has 0 saturated carbocycles. The molecule has 1 aromatic heterocycles. The average Bonchev–Trinajstić information content (AvgIpc) is 2.52. The minimum Gasteiger partial charge on any atom is -0.312 e. The number of hydrogen-bond acceptors (Lipinski definition) is 1. The molecule has 1 heterocycles. The molecule has 4 heteroatoms. The van der Waals surface area contributed by atoms with Crippen molar-refractivity contribution in [3.05, 3.63) is 51.7 Å². The van der Waals surface area contributed by atoms with Crippen molar-refractivity contribution in [3.8, 4) is 5.69 Å². The molecule has 2 rings (SSSR count). The van der Waals surface area contributed by atoms with E-state index in [1.807, 2.05) is 25.1 Å². The lowest BCUT2D eigenvalue weighted by Crippen LogP contribution is -2.14. The first kappa shape index (κ1) is 9.09. The molecule has 1 N–H and O–H groups in total. The highest BCUT2D eigenvalue weighted by molar-refractivity contribution is 6.32. The zero-order valence-electron chi connectivity index (χ0n) is 7.62. The summed E-state index contributed by atoms with van der Waals surface area (Å²) in [6, 6.07) is 5.57. The molecule has 0 spiro atoms. The molecule has 0 aliphatic rings. The molecule has 0 fully saturated rings. The minimum atomic E-state index is -0.184. The van der Waals surface area contributed by atoms with Gasteiger partial charge in [-0.15, -0.1) is 0 Å². The van der Waals surface area contributed by atoms with Gasteiger partial charge in [-0.2, -0.15) is 0 Å². The van der Waals surface area contributed by atoms with E-state index in [9.17, 15) is 4.79 Å². The fraction of sp³-hybridized carbons (Fsp3) is 0.100. The lowest BCUT2D eigenvalue weighted by atomic mass is 10.2. The Hall–Kier alpha value is -1.48. The summed E-state index contributed by atoms with van der Waals surface area (Å²) in [5.74, 6) is 0.